The van der Waals surface area contributed by atoms with Crippen LogP contribution in [0.15, 0.2) is 60.9 Å². The molecule has 7 nitrogen and oxygen atoms in total. The van der Waals surface area contributed by atoms with Crippen molar-refractivity contribution in [2.75, 3.05) is 0 Å². The number of aromatic carboxylic acids is 1. The summed E-state index contributed by atoms with van der Waals surface area (Å²) in [6.45, 7) is 3.34. The molecule has 0 unspecified atom stereocenters. The Kier molecular flexibility index (Phi) is 8.03. The van der Waals surface area contributed by atoms with E-state index in [-0.39, 0.29) is 17.2 Å². The lowest BCUT2D eigenvalue weighted by Crippen LogP contribution is -2.30. The third-order valence-electron chi connectivity index (χ3n) is 4.00. The van der Waals surface area contributed by atoms with Gasteiger partial charge in [0.2, 0.25) is 5.91 Å². The molecule has 0 aliphatic carbocycles. The van der Waals surface area contributed by atoms with E-state index >= 15 is 0 Å². The first-order valence-electron chi connectivity index (χ1n) is 8.71. The molecule has 0 saturated carbocycles. The summed E-state index contributed by atoms with van der Waals surface area (Å²) in [5, 5.41) is 12.5. The quantitative estimate of drug-likeness (QED) is 0.427. The van der Waals surface area contributed by atoms with Crippen LogP contribution in [0.2, 0.25) is 10.0 Å². The van der Waals surface area contributed by atoms with Gasteiger partial charge in [-0.15, -0.1) is 0 Å². The second-order valence-electron chi connectivity index (χ2n) is 6.19. The van der Waals surface area contributed by atoms with E-state index in [1.165, 1.54) is 12.3 Å². The van der Waals surface area contributed by atoms with Crippen LogP contribution in [0.1, 0.15) is 22.3 Å². The van der Waals surface area contributed by atoms with E-state index in [0.29, 0.717) is 33.8 Å². The number of hydrogen-bond donors (Lipinski definition) is 4. The topological polar surface area (TPSA) is 125 Å². The van der Waals surface area contributed by atoms with Crippen molar-refractivity contribution in [2.45, 2.75) is 12.8 Å². The lowest BCUT2D eigenvalue weighted by Gasteiger charge is -2.04. The minimum Gasteiger partial charge on any atom is -0.478 e. The molecule has 1 heterocycles. The maximum absolute atomic E-state index is 11.4. The Morgan fingerprint density at radius 3 is 2.40 bits per heavy atom. The van der Waals surface area contributed by atoms with Crippen molar-refractivity contribution in [3.8, 4) is 0 Å². The second kappa shape index (κ2) is 10.5. The largest absolute Gasteiger partial charge is 0.478 e. The number of rotatable bonds is 6. The van der Waals surface area contributed by atoms with Gasteiger partial charge in [-0.25, -0.2) is 4.79 Å². The Hall–Kier alpha value is -3.29. The minimum atomic E-state index is -1.01. The number of amides is 2. The number of aromatic amines is 1. The summed E-state index contributed by atoms with van der Waals surface area (Å²) in [4.78, 5) is 35.6. The van der Waals surface area contributed by atoms with Gasteiger partial charge < -0.3 is 21.1 Å². The van der Waals surface area contributed by atoms with E-state index in [9.17, 15) is 14.4 Å². The fourth-order valence-corrected chi connectivity index (χ4v) is 3.14. The first-order chi connectivity index (χ1) is 14.2. The Morgan fingerprint density at radius 1 is 1.13 bits per heavy atom. The first kappa shape index (κ1) is 23.0. The number of carbonyl (C=O) groups is 3. The Balaban J connectivity index is 0.000000215. The maximum Gasteiger partial charge on any atom is 0.337 e. The lowest BCUT2D eigenvalue weighted by atomic mass is 10.1. The van der Waals surface area contributed by atoms with Crippen LogP contribution in [0.25, 0.3) is 10.9 Å². The number of carboxylic acid groups (broad SMARTS) is 1. The highest BCUT2D eigenvalue weighted by Gasteiger charge is 2.13. The van der Waals surface area contributed by atoms with E-state index in [0.717, 1.165) is 5.56 Å². The predicted molar refractivity (Wildman–Crippen MR) is 117 cm³/mol. The van der Waals surface area contributed by atoms with Crippen LogP contribution in [0.5, 0.6) is 0 Å². The van der Waals surface area contributed by atoms with Crippen LogP contribution >= 0.6 is 23.2 Å². The van der Waals surface area contributed by atoms with Gasteiger partial charge >= 0.3 is 5.97 Å². The van der Waals surface area contributed by atoms with Gasteiger partial charge in [-0.2, -0.15) is 0 Å². The number of carboxylic acids is 1. The van der Waals surface area contributed by atoms with E-state index in [1.807, 2.05) is 30.3 Å². The molecule has 2 amide bonds. The van der Waals surface area contributed by atoms with Crippen molar-refractivity contribution in [1.82, 2.24) is 10.3 Å². The summed E-state index contributed by atoms with van der Waals surface area (Å²) in [5.74, 6) is -1.99. The predicted octanol–water partition coefficient (Wildman–Crippen LogP) is 3.91. The molecule has 0 atom stereocenters. The highest BCUT2D eigenvalue weighted by Crippen LogP contribution is 2.30. The molecule has 0 aliphatic rings. The van der Waals surface area contributed by atoms with Crippen molar-refractivity contribution in [1.29, 1.82) is 0 Å². The van der Waals surface area contributed by atoms with Crippen molar-refractivity contribution < 1.29 is 19.5 Å². The van der Waals surface area contributed by atoms with E-state index < -0.39 is 11.9 Å². The number of nitrogens with one attached hydrogen (secondary N) is 2. The van der Waals surface area contributed by atoms with Gasteiger partial charge in [-0.1, -0.05) is 60.1 Å². The zero-order chi connectivity index (χ0) is 22.3. The van der Waals surface area contributed by atoms with Crippen LogP contribution in [-0.4, -0.2) is 27.9 Å². The maximum atomic E-state index is 11.4. The summed E-state index contributed by atoms with van der Waals surface area (Å²) in [7, 11) is 0. The van der Waals surface area contributed by atoms with Crippen LogP contribution in [0, 0.1) is 0 Å². The van der Waals surface area contributed by atoms with Crippen molar-refractivity contribution in [2.24, 2.45) is 5.73 Å². The zero-order valence-electron chi connectivity index (χ0n) is 15.7. The molecule has 156 valence electrons. The lowest BCUT2D eigenvalue weighted by molar-refractivity contribution is -0.122. The number of aromatic nitrogens is 1. The van der Waals surface area contributed by atoms with Gasteiger partial charge in [0.05, 0.1) is 16.3 Å². The van der Waals surface area contributed by atoms with Crippen LogP contribution in [0.3, 0.4) is 0 Å². The van der Waals surface area contributed by atoms with Crippen LogP contribution in [0.4, 0.5) is 0 Å². The third kappa shape index (κ3) is 6.37. The molecule has 2 aromatic carbocycles. The molecule has 30 heavy (non-hydrogen) atoms. The second-order valence-corrected chi connectivity index (χ2v) is 7.04. The highest BCUT2D eigenvalue weighted by atomic mass is 35.5. The summed E-state index contributed by atoms with van der Waals surface area (Å²) in [6.07, 6.45) is 2.32. The third-order valence-corrected chi connectivity index (χ3v) is 4.51. The number of halogens is 2. The number of fused-ring (bicyclic) bond motifs is 1. The molecule has 0 aliphatic heterocycles. The summed E-state index contributed by atoms with van der Waals surface area (Å²) in [6, 6.07) is 12.8. The number of primary amides is 1. The average Bonchev–Trinajstić information content (AvgIpc) is 3.12. The van der Waals surface area contributed by atoms with Crippen molar-refractivity contribution in [3.05, 3.63) is 82.1 Å². The summed E-state index contributed by atoms with van der Waals surface area (Å²) in [5.41, 5.74) is 6.72. The van der Waals surface area contributed by atoms with Crippen molar-refractivity contribution in [3.63, 3.8) is 0 Å². The number of hydrogen-bond acceptors (Lipinski definition) is 3. The fourth-order valence-electron chi connectivity index (χ4n) is 2.55. The summed E-state index contributed by atoms with van der Waals surface area (Å²) < 4.78 is 0. The molecule has 0 saturated heterocycles. The first-order valence-corrected chi connectivity index (χ1v) is 9.46. The van der Waals surface area contributed by atoms with E-state index in [4.69, 9.17) is 34.0 Å². The van der Waals surface area contributed by atoms with Gasteiger partial charge in [0, 0.05) is 28.5 Å². The molecule has 5 N–H and O–H groups in total. The summed E-state index contributed by atoms with van der Waals surface area (Å²) >= 11 is 11.6. The molecule has 0 spiro atoms. The number of benzene rings is 2. The van der Waals surface area contributed by atoms with Gasteiger partial charge in [0.1, 0.15) is 0 Å². The molecule has 9 heteroatoms. The molecule has 1 aromatic heterocycles. The van der Waals surface area contributed by atoms with Gasteiger partial charge in [0.15, 0.2) is 0 Å². The normalized spacial score (nSPS) is 10.1. The highest BCUT2D eigenvalue weighted by molar-refractivity contribution is 6.39. The van der Waals surface area contributed by atoms with Gasteiger partial charge in [-0.05, 0) is 24.1 Å². The average molecular weight is 448 g/mol. The van der Waals surface area contributed by atoms with E-state index in [1.54, 1.807) is 6.07 Å². The number of nitrogens with two attached hydrogens (primary N) is 1. The Labute approximate surface area is 182 Å². The fraction of sp³-hybridized carbons (Fsp3) is 0.0952. The molecule has 0 radical (unpaired) electrons. The molecule has 3 rings (SSSR count). The zero-order valence-corrected chi connectivity index (χ0v) is 17.3. The number of carbonyl (C=O) groups excluding carboxylic acids is 2. The molecular formula is C21H19Cl2N3O4. The minimum absolute atomic E-state index is 0.0712. The van der Waals surface area contributed by atoms with Crippen molar-refractivity contribution >= 4 is 51.9 Å². The molecule has 0 fully saturated rings. The Morgan fingerprint density at radius 2 is 1.80 bits per heavy atom. The monoisotopic (exact) mass is 447 g/mol. The molecule has 3 aromatic rings. The smallest absolute Gasteiger partial charge is 0.337 e. The van der Waals surface area contributed by atoms with Gasteiger partial charge in [-0.3, -0.25) is 9.59 Å². The number of H-pyrrole nitrogens is 1. The molecular weight excluding hydrogens is 429 g/mol. The van der Waals surface area contributed by atoms with Crippen LogP contribution in [-0.2, 0) is 16.0 Å². The van der Waals surface area contributed by atoms with Gasteiger partial charge in [0.25, 0.3) is 5.91 Å². The molecule has 0 bridgehead atoms. The standard InChI is InChI=1S/C12H14N2O2.C9H5Cl2NO2/c1-9(12(13)16)14-11(15)8-7-10-5-3-2-4-6-10;10-4-1-6(11)8-5(9(13)14)3-12-7(8)2-4/h2-6H,1,7-8H2,(H2,13,16)(H,14,15);1-3,12H,(H,13,14). The van der Waals surface area contributed by atoms with E-state index in [2.05, 4.69) is 16.9 Å². The number of aryl methyl sites for hydroxylation is 1. The Bertz CT molecular complexity index is 1090. The van der Waals surface area contributed by atoms with Crippen LogP contribution < -0.4 is 11.1 Å². The SMILES string of the molecule is C=C(NC(=O)CCc1ccccc1)C(N)=O.O=C(O)c1c[nH]c2cc(Cl)cc(Cl)c12.